The number of likely N-dealkylation sites (tertiary alicyclic amines) is 1. The van der Waals surface area contributed by atoms with Crippen molar-refractivity contribution < 1.29 is 0 Å². The average Bonchev–Trinajstić information content (AvgIpc) is 2.37. The molecule has 1 aliphatic rings. The van der Waals surface area contributed by atoms with Crippen LogP contribution in [-0.2, 0) is 6.54 Å². The first kappa shape index (κ1) is 13.6. The van der Waals surface area contributed by atoms with E-state index >= 15 is 0 Å². The Bertz CT molecular complexity index is 347. The molecule has 2 rings (SSSR count). The van der Waals surface area contributed by atoms with Crippen LogP contribution in [0.1, 0.15) is 25.8 Å². The van der Waals surface area contributed by atoms with Gasteiger partial charge in [-0.2, -0.15) is 0 Å². The highest BCUT2D eigenvalue weighted by atomic mass is 15.1. The molecule has 0 radical (unpaired) electrons. The second kappa shape index (κ2) is 6.35. The highest BCUT2D eigenvalue weighted by molar-refractivity contribution is 5.14. The van der Waals surface area contributed by atoms with E-state index in [1.165, 1.54) is 25.1 Å². The summed E-state index contributed by atoms with van der Waals surface area (Å²) in [4.78, 5) is 2.47. The first-order chi connectivity index (χ1) is 8.65. The molecule has 1 aliphatic heterocycles. The van der Waals surface area contributed by atoms with Crippen LogP contribution in [0.5, 0.6) is 0 Å². The molecule has 0 amide bonds. The van der Waals surface area contributed by atoms with Crippen molar-refractivity contribution in [2.45, 2.75) is 32.9 Å². The van der Waals surface area contributed by atoms with Gasteiger partial charge in [0, 0.05) is 25.7 Å². The van der Waals surface area contributed by atoms with Gasteiger partial charge in [0.25, 0.3) is 0 Å². The average molecular weight is 246 g/mol. The second-order valence-electron chi connectivity index (χ2n) is 6.02. The molecule has 2 atom stereocenters. The Labute approximate surface area is 111 Å². The molecule has 1 saturated heterocycles. The minimum absolute atomic E-state index is 0.636. The zero-order chi connectivity index (χ0) is 13.0. The van der Waals surface area contributed by atoms with Gasteiger partial charge in [-0.15, -0.1) is 0 Å². The molecule has 1 heterocycles. The fourth-order valence-corrected chi connectivity index (χ4v) is 2.85. The quantitative estimate of drug-likeness (QED) is 0.879. The van der Waals surface area contributed by atoms with Crippen LogP contribution in [0.15, 0.2) is 30.3 Å². The Kier molecular flexibility index (Phi) is 4.79. The van der Waals surface area contributed by atoms with Gasteiger partial charge in [0.05, 0.1) is 0 Å². The molecule has 0 spiro atoms. The largest absolute Gasteiger partial charge is 0.309 e. The molecular weight excluding hydrogens is 220 g/mol. The number of nitrogens with one attached hydrogen (secondary N) is 1. The third kappa shape index (κ3) is 3.82. The number of nitrogens with zero attached hydrogens (tertiary/aromatic N) is 1. The zero-order valence-corrected chi connectivity index (χ0v) is 11.9. The first-order valence-corrected chi connectivity index (χ1v) is 7.11. The van der Waals surface area contributed by atoms with E-state index in [0.717, 1.165) is 18.4 Å². The number of benzene rings is 1. The molecule has 2 nitrogen and oxygen atoms in total. The van der Waals surface area contributed by atoms with Crippen molar-refractivity contribution in [3.8, 4) is 0 Å². The number of hydrogen-bond acceptors (Lipinski definition) is 2. The van der Waals surface area contributed by atoms with Crippen LogP contribution in [0.3, 0.4) is 0 Å². The zero-order valence-electron chi connectivity index (χ0n) is 11.9. The molecule has 0 aliphatic carbocycles. The van der Waals surface area contributed by atoms with E-state index in [2.05, 4.69) is 61.4 Å². The van der Waals surface area contributed by atoms with Crippen LogP contribution in [0, 0.1) is 11.8 Å². The predicted octanol–water partition coefficient (Wildman–Crippen LogP) is 2.75. The van der Waals surface area contributed by atoms with Crippen LogP contribution in [0.4, 0.5) is 0 Å². The predicted molar refractivity (Wildman–Crippen MR) is 77.5 cm³/mol. The summed E-state index contributed by atoms with van der Waals surface area (Å²) in [5.41, 5.74) is 1.38. The summed E-state index contributed by atoms with van der Waals surface area (Å²) in [5, 5.41) is 3.71. The van der Waals surface area contributed by atoms with Crippen molar-refractivity contribution in [2.75, 3.05) is 20.1 Å². The highest BCUT2D eigenvalue weighted by Gasteiger charge is 2.26. The van der Waals surface area contributed by atoms with Gasteiger partial charge in [0.15, 0.2) is 0 Å². The molecule has 0 aromatic heterocycles. The van der Waals surface area contributed by atoms with Gasteiger partial charge in [-0.05, 0) is 30.9 Å². The van der Waals surface area contributed by atoms with Crippen LogP contribution >= 0.6 is 0 Å². The van der Waals surface area contributed by atoms with Gasteiger partial charge >= 0.3 is 0 Å². The topological polar surface area (TPSA) is 15.3 Å². The third-order valence-electron chi connectivity index (χ3n) is 4.05. The molecule has 2 heteroatoms. The van der Waals surface area contributed by atoms with Gasteiger partial charge < -0.3 is 10.2 Å². The van der Waals surface area contributed by atoms with Crippen molar-refractivity contribution in [1.29, 1.82) is 0 Å². The minimum atomic E-state index is 0.636. The van der Waals surface area contributed by atoms with E-state index in [9.17, 15) is 0 Å². The Morgan fingerprint density at radius 1 is 1.22 bits per heavy atom. The Morgan fingerprint density at radius 2 is 1.94 bits per heavy atom. The maximum absolute atomic E-state index is 3.71. The lowest BCUT2D eigenvalue weighted by molar-refractivity contribution is 0.139. The molecule has 0 bridgehead atoms. The lowest BCUT2D eigenvalue weighted by atomic mass is 9.85. The molecule has 1 N–H and O–H groups in total. The molecule has 0 saturated carbocycles. The highest BCUT2D eigenvalue weighted by Crippen LogP contribution is 2.23. The Balaban J connectivity index is 1.85. The third-order valence-corrected chi connectivity index (χ3v) is 4.05. The number of likely N-dealkylation sites (N-methyl/N-ethyl adjacent to an activating group) is 1. The van der Waals surface area contributed by atoms with E-state index in [4.69, 9.17) is 0 Å². The van der Waals surface area contributed by atoms with E-state index in [1.54, 1.807) is 0 Å². The van der Waals surface area contributed by atoms with Gasteiger partial charge in [0.1, 0.15) is 0 Å². The number of piperidine rings is 1. The van der Waals surface area contributed by atoms with E-state index in [0.29, 0.717) is 6.04 Å². The lowest BCUT2D eigenvalue weighted by Crippen LogP contribution is -2.48. The van der Waals surface area contributed by atoms with Crippen molar-refractivity contribution in [1.82, 2.24) is 10.2 Å². The SMILES string of the molecule is CC(C)C1CC(NCc2ccccc2)CN(C)C1. The summed E-state index contributed by atoms with van der Waals surface area (Å²) >= 11 is 0. The molecule has 18 heavy (non-hydrogen) atoms. The molecule has 2 unspecified atom stereocenters. The minimum Gasteiger partial charge on any atom is -0.309 e. The number of hydrogen-bond donors (Lipinski definition) is 1. The Hall–Kier alpha value is -0.860. The van der Waals surface area contributed by atoms with Crippen LogP contribution in [-0.4, -0.2) is 31.1 Å². The van der Waals surface area contributed by atoms with E-state index in [1.807, 2.05) is 0 Å². The maximum atomic E-state index is 3.71. The first-order valence-electron chi connectivity index (χ1n) is 7.11. The van der Waals surface area contributed by atoms with Crippen LogP contribution in [0.2, 0.25) is 0 Å². The summed E-state index contributed by atoms with van der Waals surface area (Å²) in [6.07, 6.45) is 1.31. The summed E-state index contributed by atoms with van der Waals surface area (Å²) in [6, 6.07) is 11.3. The molecule has 1 fully saturated rings. The van der Waals surface area contributed by atoms with Crippen molar-refractivity contribution in [3.63, 3.8) is 0 Å². The lowest BCUT2D eigenvalue weighted by Gasteiger charge is -2.38. The summed E-state index contributed by atoms with van der Waals surface area (Å²) < 4.78 is 0. The standard InChI is InChI=1S/C16H26N2/c1-13(2)15-9-16(12-18(3)11-15)17-10-14-7-5-4-6-8-14/h4-8,13,15-17H,9-12H2,1-3H3. The second-order valence-corrected chi connectivity index (χ2v) is 6.02. The molecule has 100 valence electrons. The number of rotatable bonds is 4. The Morgan fingerprint density at radius 3 is 2.61 bits per heavy atom. The molecule has 1 aromatic rings. The summed E-state index contributed by atoms with van der Waals surface area (Å²) in [7, 11) is 2.24. The normalized spacial score (nSPS) is 25.6. The molecular formula is C16H26N2. The molecule has 1 aromatic carbocycles. The van der Waals surface area contributed by atoms with E-state index in [-0.39, 0.29) is 0 Å². The van der Waals surface area contributed by atoms with Gasteiger partial charge in [-0.1, -0.05) is 44.2 Å². The van der Waals surface area contributed by atoms with Crippen LogP contribution < -0.4 is 5.32 Å². The smallest absolute Gasteiger partial charge is 0.0208 e. The summed E-state index contributed by atoms with van der Waals surface area (Å²) in [6.45, 7) is 8.11. The van der Waals surface area contributed by atoms with Gasteiger partial charge in [-0.3, -0.25) is 0 Å². The van der Waals surface area contributed by atoms with Gasteiger partial charge in [-0.25, -0.2) is 0 Å². The fourth-order valence-electron chi connectivity index (χ4n) is 2.85. The maximum Gasteiger partial charge on any atom is 0.0208 e. The van der Waals surface area contributed by atoms with E-state index < -0.39 is 0 Å². The van der Waals surface area contributed by atoms with Crippen molar-refractivity contribution in [2.24, 2.45) is 11.8 Å². The van der Waals surface area contributed by atoms with Crippen molar-refractivity contribution >= 4 is 0 Å². The van der Waals surface area contributed by atoms with Gasteiger partial charge in [0.2, 0.25) is 0 Å². The monoisotopic (exact) mass is 246 g/mol. The van der Waals surface area contributed by atoms with Crippen molar-refractivity contribution in [3.05, 3.63) is 35.9 Å². The van der Waals surface area contributed by atoms with Crippen LogP contribution in [0.25, 0.3) is 0 Å². The fraction of sp³-hybridized carbons (Fsp3) is 0.625. The summed E-state index contributed by atoms with van der Waals surface area (Å²) in [5.74, 6) is 1.62.